The highest BCUT2D eigenvalue weighted by molar-refractivity contribution is 7.99. The number of tetrazole rings is 1. The van der Waals surface area contributed by atoms with E-state index in [1.54, 1.807) is 0 Å². The van der Waals surface area contributed by atoms with Crippen LogP contribution in [0.5, 0.6) is 0 Å². The van der Waals surface area contributed by atoms with Gasteiger partial charge in [0, 0.05) is 30.1 Å². The second kappa shape index (κ2) is 8.60. The van der Waals surface area contributed by atoms with Gasteiger partial charge >= 0.3 is 0 Å². The molecule has 0 radical (unpaired) electrons. The largest absolute Gasteiger partial charge is 0.395 e. The van der Waals surface area contributed by atoms with Crippen LogP contribution in [0.15, 0.2) is 30.3 Å². The third-order valence-corrected chi connectivity index (χ3v) is 5.68. The SMILES string of the molecule is CCCCn1nnnc1CN1[C@@H](CO)CSC[C@@H]1c1ccccc1. The van der Waals surface area contributed by atoms with Gasteiger partial charge in [0.15, 0.2) is 5.82 Å². The lowest BCUT2D eigenvalue weighted by Gasteiger charge is -2.41. The van der Waals surface area contributed by atoms with Crippen molar-refractivity contribution in [2.45, 2.75) is 44.9 Å². The molecule has 1 fully saturated rings. The Kier molecular flexibility index (Phi) is 6.23. The van der Waals surface area contributed by atoms with E-state index in [4.69, 9.17) is 0 Å². The summed E-state index contributed by atoms with van der Waals surface area (Å²) in [7, 11) is 0. The monoisotopic (exact) mass is 347 g/mol. The molecule has 3 rings (SSSR count). The maximum Gasteiger partial charge on any atom is 0.165 e. The van der Waals surface area contributed by atoms with Crippen LogP contribution >= 0.6 is 11.8 Å². The number of aliphatic hydroxyl groups excluding tert-OH is 1. The summed E-state index contributed by atoms with van der Waals surface area (Å²) < 4.78 is 1.90. The molecule has 0 unspecified atom stereocenters. The van der Waals surface area contributed by atoms with E-state index in [1.807, 2.05) is 22.5 Å². The molecule has 1 aliphatic rings. The summed E-state index contributed by atoms with van der Waals surface area (Å²) in [5.41, 5.74) is 1.29. The molecule has 0 bridgehead atoms. The van der Waals surface area contributed by atoms with Gasteiger partial charge in [0.1, 0.15) is 0 Å². The van der Waals surface area contributed by atoms with Crippen molar-refractivity contribution in [1.29, 1.82) is 0 Å². The average molecular weight is 347 g/mol. The van der Waals surface area contributed by atoms with Crippen molar-refractivity contribution < 1.29 is 5.11 Å². The van der Waals surface area contributed by atoms with Crippen molar-refractivity contribution in [2.24, 2.45) is 0 Å². The molecular formula is C17H25N5OS. The molecule has 2 aromatic rings. The van der Waals surface area contributed by atoms with Gasteiger partial charge < -0.3 is 5.11 Å². The highest BCUT2D eigenvalue weighted by atomic mass is 32.2. The summed E-state index contributed by atoms with van der Waals surface area (Å²) >= 11 is 1.90. The molecule has 0 spiro atoms. The zero-order valence-electron chi connectivity index (χ0n) is 14.1. The molecule has 1 aromatic carbocycles. The zero-order valence-corrected chi connectivity index (χ0v) is 14.9. The number of rotatable bonds is 7. The minimum absolute atomic E-state index is 0.130. The fourth-order valence-corrected chi connectivity index (χ4v) is 4.42. The smallest absolute Gasteiger partial charge is 0.165 e. The Morgan fingerprint density at radius 1 is 1.25 bits per heavy atom. The van der Waals surface area contributed by atoms with E-state index in [9.17, 15) is 5.11 Å². The van der Waals surface area contributed by atoms with Crippen LogP contribution < -0.4 is 0 Å². The Bertz CT molecular complexity index is 620. The lowest BCUT2D eigenvalue weighted by Crippen LogP contribution is -2.46. The van der Waals surface area contributed by atoms with Gasteiger partial charge in [-0.05, 0) is 22.4 Å². The minimum Gasteiger partial charge on any atom is -0.395 e. The van der Waals surface area contributed by atoms with E-state index in [-0.39, 0.29) is 18.7 Å². The predicted molar refractivity (Wildman–Crippen MR) is 95.6 cm³/mol. The van der Waals surface area contributed by atoms with Crippen molar-refractivity contribution in [3.63, 3.8) is 0 Å². The normalized spacial score (nSPS) is 21.9. The highest BCUT2D eigenvalue weighted by Gasteiger charge is 2.32. The van der Waals surface area contributed by atoms with Crippen LogP contribution in [-0.4, -0.2) is 54.4 Å². The molecular weight excluding hydrogens is 322 g/mol. The highest BCUT2D eigenvalue weighted by Crippen LogP contribution is 2.33. The van der Waals surface area contributed by atoms with Crippen molar-refractivity contribution in [3.05, 3.63) is 41.7 Å². The third kappa shape index (κ3) is 3.96. The Hall–Kier alpha value is -1.44. The predicted octanol–water partition coefficient (Wildman–Crippen LogP) is 2.12. The summed E-state index contributed by atoms with van der Waals surface area (Å²) in [6.45, 7) is 3.84. The van der Waals surface area contributed by atoms with Crippen LogP contribution in [0.1, 0.15) is 37.2 Å². The van der Waals surface area contributed by atoms with E-state index in [0.717, 1.165) is 36.7 Å². The summed E-state index contributed by atoms with van der Waals surface area (Å²) in [6, 6.07) is 10.9. The topological polar surface area (TPSA) is 67.1 Å². The Morgan fingerprint density at radius 2 is 2.08 bits per heavy atom. The Morgan fingerprint density at radius 3 is 2.83 bits per heavy atom. The summed E-state index contributed by atoms with van der Waals surface area (Å²) in [6.07, 6.45) is 2.19. The van der Waals surface area contributed by atoms with Crippen molar-refractivity contribution in [1.82, 2.24) is 25.1 Å². The van der Waals surface area contributed by atoms with Crippen LogP contribution in [-0.2, 0) is 13.1 Å². The number of aliphatic hydroxyl groups is 1. The quantitative estimate of drug-likeness (QED) is 0.827. The van der Waals surface area contributed by atoms with Crippen LogP contribution in [0.2, 0.25) is 0 Å². The third-order valence-electron chi connectivity index (χ3n) is 4.50. The molecule has 0 aliphatic carbocycles. The molecule has 1 saturated heterocycles. The lowest BCUT2D eigenvalue weighted by atomic mass is 10.0. The van der Waals surface area contributed by atoms with E-state index in [2.05, 4.69) is 51.6 Å². The molecule has 2 atom stereocenters. The molecule has 1 aromatic heterocycles. The fourth-order valence-electron chi connectivity index (χ4n) is 3.10. The number of unbranched alkanes of at least 4 members (excludes halogenated alkanes) is 1. The Balaban J connectivity index is 1.82. The molecule has 7 heteroatoms. The van der Waals surface area contributed by atoms with Gasteiger partial charge in [-0.3, -0.25) is 4.90 Å². The first-order valence-corrected chi connectivity index (χ1v) is 9.73. The average Bonchev–Trinajstić information content (AvgIpc) is 3.08. The van der Waals surface area contributed by atoms with Crippen LogP contribution in [0.25, 0.3) is 0 Å². The maximum absolute atomic E-state index is 9.85. The van der Waals surface area contributed by atoms with E-state index in [1.165, 1.54) is 5.56 Å². The number of nitrogens with zero attached hydrogens (tertiary/aromatic N) is 5. The first kappa shape index (κ1) is 17.4. The van der Waals surface area contributed by atoms with Gasteiger partial charge in [0.25, 0.3) is 0 Å². The molecule has 2 heterocycles. The maximum atomic E-state index is 9.85. The Labute approximate surface area is 147 Å². The van der Waals surface area contributed by atoms with E-state index in [0.29, 0.717) is 6.54 Å². The number of thioether (sulfide) groups is 1. The number of hydrogen-bond donors (Lipinski definition) is 1. The van der Waals surface area contributed by atoms with E-state index >= 15 is 0 Å². The summed E-state index contributed by atoms with van der Waals surface area (Å²) in [5.74, 6) is 2.85. The fraction of sp³-hybridized carbons (Fsp3) is 0.588. The molecule has 0 amide bonds. The number of aryl methyl sites for hydroxylation is 1. The number of hydrogen-bond acceptors (Lipinski definition) is 6. The molecule has 6 nitrogen and oxygen atoms in total. The van der Waals surface area contributed by atoms with Crippen LogP contribution in [0.4, 0.5) is 0 Å². The summed E-state index contributed by atoms with van der Waals surface area (Å²) in [4.78, 5) is 2.36. The van der Waals surface area contributed by atoms with Crippen molar-refractivity contribution in [2.75, 3.05) is 18.1 Å². The molecule has 1 N–H and O–H groups in total. The van der Waals surface area contributed by atoms with Gasteiger partial charge in [-0.15, -0.1) is 5.10 Å². The zero-order chi connectivity index (χ0) is 16.8. The molecule has 1 aliphatic heterocycles. The second-order valence-corrected chi connectivity index (χ2v) is 7.22. The van der Waals surface area contributed by atoms with Gasteiger partial charge in [0.2, 0.25) is 0 Å². The standard InChI is InChI=1S/C17H25N5OS/c1-2-3-9-22-17(18-19-20-22)10-21-15(11-23)12-24-13-16(21)14-7-5-4-6-8-14/h4-8,15-16,23H,2-3,9-13H2,1H3/t15-,16+/m0/s1. The molecule has 130 valence electrons. The van der Waals surface area contributed by atoms with Crippen LogP contribution in [0, 0.1) is 0 Å². The number of aromatic nitrogens is 4. The van der Waals surface area contributed by atoms with Gasteiger partial charge in [-0.25, -0.2) is 4.68 Å². The van der Waals surface area contributed by atoms with Gasteiger partial charge in [0.05, 0.1) is 13.2 Å². The van der Waals surface area contributed by atoms with Gasteiger partial charge in [-0.2, -0.15) is 11.8 Å². The lowest BCUT2D eigenvalue weighted by molar-refractivity contribution is 0.0874. The summed E-state index contributed by atoms with van der Waals surface area (Å²) in [5, 5.41) is 22.1. The van der Waals surface area contributed by atoms with Crippen LogP contribution in [0.3, 0.4) is 0 Å². The van der Waals surface area contributed by atoms with Crippen molar-refractivity contribution >= 4 is 11.8 Å². The number of benzene rings is 1. The van der Waals surface area contributed by atoms with Gasteiger partial charge in [-0.1, -0.05) is 43.7 Å². The first-order valence-electron chi connectivity index (χ1n) is 8.57. The van der Waals surface area contributed by atoms with E-state index < -0.39 is 0 Å². The minimum atomic E-state index is 0.130. The molecule has 0 saturated carbocycles. The first-order chi connectivity index (χ1) is 11.8. The molecule has 24 heavy (non-hydrogen) atoms. The van der Waals surface area contributed by atoms with Crippen molar-refractivity contribution in [3.8, 4) is 0 Å². The second-order valence-electron chi connectivity index (χ2n) is 6.14.